The number of ether oxygens (including phenoxy) is 1. The van der Waals surface area contributed by atoms with Crippen LogP contribution in [-0.2, 0) is 0 Å². The van der Waals surface area contributed by atoms with Gasteiger partial charge in [0.25, 0.3) is 0 Å². The fourth-order valence-corrected chi connectivity index (χ4v) is 2.95. The Kier molecular flexibility index (Phi) is 2.79. The van der Waals surface area contributed by atoms with Crippen LogP contribution in [0.15, 0.2) is 36.4 Å². The Morgan fingerprint density at radius 2 is 2.24 bits per heavy atom. The molecule has 1 saturated carbocycles. The van der Waals surface area contributed by atoms with E-state index in [1.165, 1.54) is 12.8 Å². The molecule has 1 N–H and O–H groups in total. The first-order valence-electron chi connectivity index (χ1n) is 6.53. The molecule has 1 fully saturated rings. The van der Waals surface area contributed by atoms with Crippen molar-refractivity contribution < 1.29 is 4.74 Å². The first kappa shape index (κ1) is 10.7. The van der Waals surface area contributed by atoms with E-state index in [0.29, 0.717) is 6.04 Å². The van der Waals surface area contributed by atoms with Crippen molar-refractivity contribution in [2.75, 3.05) is 11.9 Å². The first-order chi connectivity index (χ1) is 8.38. The van der Waals surface area contributed by atoms with Gasteiger partial charge in [-0.1, -0.05) is 24.3 Å². The maximum Gasteiger partial charge on any atom is 0.142 e. The average molecular weight is 229 g/mol. The smallest absolute Gasteiger partial charge is 0.142 e. The van der Waals surface area contributed by atoms with Crippen LogP contribution < -0.4 is 10.1 Å². The molecule has 1 aromatic rings. The summed E-state index contributed by atoms with van der Waals surface area (Å²) in [5, 5.41) is 3.63. The van der Waals surface area contributed by atoms with E-state index in [9.17, 15) is 0 Å². The number of hydrogen-bond acceptors (Lipinski definition) is 2. The van der Waals surface area contributed by atoms with Gasteiger partial charge in [-0.3, -0.25) is 0 Å². The lowest BCUT2D eigenvalue weighted by Crippen LogP contribution is -2.43. The minimum atomic E-state index is 0.598. The summed E-state index contributed by atoms with van der Waals surface area (Å²) in [6, 6.07) is 8.82. The topological polar surface area (TPSA) is 21.3 Å². The van der Waals surface area contributed by atoms with E-state index < -0.39 is 0 Å². The summed E-state index contributed by atoms with van der Waals surface area (Å²) in [4.78, 5) is 0. The summed E-state index contributed by atoms with van der Waals surface area (Å²) >= 11 is 0. The van der Waals surface area contributed by atoms with Crippen LogP contribution in [0.4, 0.5) is 5.69 Å². The second-order valence-electron chi connectivity index (χ2n) is 4.92. The van der Waals surface area contributed by atoms with Gasteiger partial charge in [-0.05, 0) is 37.8 Å². The molecule has 0 aliphatic heterocycles. The van der Waals surface area contributed by atoms with Gasteiger partial charge < -0.3 is 10.1 Å². The van der Waals surface area contributed by atoms with E-state index in [2.05, 4.69) is 29.6 Å². The first-order valence-corrected chi connectivity index (χ1v) is 6.53. The van der Waals surface area contributed by atoms with Crippen LogP contribution in [0.1, 0.15) is 19.8 Å². The van der Waals surface area contributed by atoms with Gasteiger partial charge in [-0.25, -0.2) is 0 Å². The van der Waals surface area contributed by atoms with Gasteiger partial charge in [0, 0.05) is 12.0 Å². The quantitative estimate of drug-likeness (QED) is 0.798. The molecule has 2 aliphatic rings. The monoisotopic (exact) mass is 229 g/mol. The standard InChI is InChI=1S/C15H19NO/c1-2-17-15-9-4-3-8-13(15)16-14-10-11-6-5-7-12(11)14/h3-5,7-9,11-12,14,16H,2,6,10H2,1H3. The molecule has 3 unspecified atom stereocenters. The van der Waals surface area contributed by atoms with Gasteiger partial charge in [0.2, 0.25) is 0 Å². The Morgan fingerprint density at radius 3 is 3.06 bits per heavy atom. The molecule has 3 rings (SSSR count). The fraction of sp³-hybridized carbons (Fsp3) is 0.467. The van der Waals surface area contributed by atoms with Crippen LogP contribution in [0.2, 0.25) is 0 Å². The van der Waals surface area contributed by atoms with Crippen molar-refractivity contribution in [2.24, 2.45) is 11.8 Å². The molecular formula is C15H19NO. The second-order valence-corrected chi connectivity index (χ2v) is 4.92. The Morgan fingerprint density at radius 1 is 1.35 bits per heavy atom. The Balaban J connectivity index is 1.70. The summed E-state index contributed by atoms with van der Waals surface area (Å²) in [5.41, 5.74) is 1.14. The molecule has 0 bridgehead atoms. The third-order valence-electron chi connectivity index (χ3n) is 3.89. The highest BCUT2D eigenvalue weighted by atomic mass is 16.5. The molecule has 0 heterocycles. The van der Waals surface area contributed by atoms with Gasteiger partial charge in [0.1, 0.15) is 5.75 Å². The van der Waals surface area contributed by atoms with Crippen molar-refractivity contribution in [2.45, 2.75) is 25.8 Å². The highest BCUT2D eigenvalue weighted by Crippen LogP contribution is 2.44. The number of anilines is 1. The minimum absolute atomic E-state index is 0.598. The molecule has 0 radical (unpaired) electrons. The predicted octanol–water partition coefficient (Wildman–Crippen LogP) is 3.46. The Bertz CT molecular complexity index is 427. The van der Waals surface area contributed by atoms with Crippen LogP contribution in [0.3, 0.4) is 0 Å². The zero-order valence-electron chi connectivity index (χ0n) is 10.2. The summed E-state index contributed by atoms with van der Waals surface area (Å²) < 4.78 is 5.64. The van der Waals surface area contributed by atoms with Crippen LogP contribution in [0.25, 0.3) is 0 Å². The third kappa shape index (κ3) is 1.92. The number of para-hydroxylation sites is 2. The maximum atomic E-state index is 5.64. The fourth-order valence-electron chi connectivity index (χ4n) is 2.95. The van der Waals surface area contributed by atoms with Crippen LogP contribution >= 0.6 is 0 Å². The second kappa shape index (κ2) is 4.44. The summed E-state index contributed by atoms with van der Waals surface area (Å²) in [6.07, 6.45) is 7.26. The number of allylic oxidation sites excluding steroid dienone is 1. The highest BCUT2D eigenvalue weighted by molar-refractivity contribution is 5.57. The molecular weight excluding hydrogens is 210 g/mol. The molecule has 0 amide bonds. The normalized spacial score (nSPS) is 29.6. The lowest BCUT2D eigenvalue weighted by Gasteiger charge is -2.41. The zero-order valence-corrected chi connectivity index (χ0v) is 10.2. The van der Waals surface area contributed by atoms with Crippen LogP contribution in [0, 0.1) is 11.8 Å². The van der Waals surface area contributed by atoms with Crippen molar-refractivity contribution in [3.8, 4) is 5.75 Å². The van der Waals surface area contributed by atoms with Crippen molar-refractivity contribution in [3.05, 3.63) is 36.4 Å². The van der Waals surface area contributed by atoms with E-state index in [0.717, 1.165) is 29.9 Å². The van der Waals surface area contributed by atoms with Gasteiger partial charge in [0.05, 0.1) is 12.3 Å². The molecule has 2 aliphatic carbocycles. The molecule has 2 heteroatoms. The number of rotatable bonds is 4. The number of fused-ring (bicyclic) bond motifs is 1. The van der Waals surface area contributed by atoms with E-state index >= 15 is 0 Å². The van der Waals surface area contributed by atoms with Crippen molar-refractivity contribution in [1.82, 2.24) is 0 Å². The number of benzene rings is 1. The molecule has 2 nitrogen and oxygen atoms in total. The van der Waals surface area contributed by atoms with Gasteiger partial charge in [0.15, 0.2) is 0 Å². The van der Waals surface area contributed by atoms with Crippen LogP contribution in [-0.4, -0.2) is 12.6 Å². The van der Waals surface area contributed by atoms with Crippen LogP contribution in [0.5, 0.6) is 5.75 Å². The molecule has 90 valence electrons. The van der Waals surface area contributed by atoms with Crippen molar-refractivity contribution in [1.29, 1.82) is 0 Å². The average Bonchev–Trinajstić information content (AvgIpc) is 2.70. The molecule has 0 aromatic heterocycles. The van der Waals surface area contributed by atoms with E-state index in [1.807, 2.05) is 19.1 Å². The number of nitrogens with one attached hydrogen (secondary N) is 1. The highest BCUT2D eigenvalue weighted by Gasteiger charge is 2.41. The lowest BCUT2D eigenvalue weighted by atomic mass is 9.71. The summed E-state index contributed by atoms with van der Waals surface area (Å²) in [5.74, 6) is 2.61. The van der Waals surface area contributed by atoms with Crippen molar-refractivity contribution >= 4 is 5.69 Å². The summed E-state index contributed by atoms with van der Waals surface area (Å²) in [7, 11) is 0. The van der Waals surface area contributed by atoms with E-state index in [4.69, 9.17) is 4.74 Å². The zero-order chi connectivity index (χ0) is 11.7. The molecule has 3 atom stereocenters. The Hall–Kier alpha value is -1.44. The van der Waals surface area contributed by atoms with Gasteiger partial charge in [-0.15, -0.1) is 0 Å². The Labute approximate surface area is 103 Å². The van der Waals surface area contributed by atoms with Crippen molar-refractivity contribution in [3.63, 3.8) is 0 Å². The predicted molar refractivity (Wildman–Crippen MR) is 70.4 cm³/mol. The van der Waals surface area contributed by atoms with Gasteiger partial charge >= 0.3 is 0 Å². The molecule has 0 spiro atoms. The lowest BCUT2D eigenvalue weighted by molar-refractivity contribution is 0.217. The largest absolute Gasteiger partial charge is 0.492 e. The minimum Gasteiger partial charge on any atom is -0.492 e. The number of hydrogen-bond donors (Lipinski definition) is 1. The van der Waals surface area contributed by atoms with E-state index in [1.54, 1.807) is 0 Å². The van der Waals surface area contributed by atoms with Gasteiger partial charge in [-0.2, -0.15) is 0 Å². The summed E-state index contributed by atoms with van der Waals surface area (Å²) in [6.45, 7) is 2.74. The molecule has 0 saturated heterocycles. The molecule has 17 heavy (non-hydrogen) atoms. The SMILES string of the molecule is CCOc1ccccc1NC1CC2CC=CC21. The molecule has 1 aromatic carbocycles. The third-order valence-corrected chi connectivity index (χ3v) is 3.89. The maximum absolute atomic E-state index is 5.64. The van der Waals surface area contributed by atoms with E-state index in [-0.39, 0.29) is 0 Å².